The van der Waals surface area contributed by atoms with Gasteiger partial charge in [-0.3, -0.25) is 4.79 Å². The number of Topliss-reactive ketones (excluding diaryl/α,β-unsaturated/α-hetero) is 1. The van der Waals surface area contributed by atoms with E-state index in [-0.39, 0.29) is 0 Å². The van der Waals surface area contributed by atoms with E-state index in [1.54, 1.807) is 0 Å². The second-order valence-electron chi connectivity index (χ2n) is 2.05. The fraction of sp³-hybridized carbons (Fsp3) is 0.800. The third kappa shape index (κ3) is 3.90. The Morgan fingerprint density at radius 1 is 1.18 bits per heavy atom. The second-order valence-corrected chi connectivity index (χ2v) is 2.05. The predicted molar refractivity (Wildman–Crippen MR) is 26.3 cm³/mol. The lowest BCUT2D eigenvalue weighted by molar-refractivity contribution is -0.191. The molecule has 0 aliphatic carbocycles. The van der Waals surface area contributed by atoms with Crippen molar-refractivity contribution in [3.05, 3.63) is 0 Å². The van der Waals surface area contributed by atoms with Crippen LogP contribution < -0.4 is 0 Å². The highest BCUT2D eigenvalue weighted by Gasteiger charge is 2.46. The number of rotatable bonds is 2. The molecule has 0 rings (SSSR count). The van der Waals surface area contributed by atoms with Gasteiger partial charge < -0.3 is 0 Å². The summed E-state index contributed by atoms with van der Waals surface area (Å²) < 4.78 is 57.8. The molecule has 0 bridgehead atoms. The number of hydrogen-bond acceptors (Lipinski definition) is 1. The maximum atomic E-state index is 12.0. The van der Waals surface area contributed by atoms with Crippen LogP contribution in [0.25, 0.3) is 0 Å². The summed E-state index contributed by atoms with van der Waals surface area (Å²) in [6.07, 6.45) is -7.38. The molecule has 0 atom stereocenters. The van der Waals surface area contributed by atoms with Crippen molar-refractivity contribution in [2.24, 2.45) is 0 Å². The van der Waals surface area contributed by atoms with E-state index in [0.29, 0.717) is 6.92 Å². The number of alkyl halides is 5. The highest BCUT2D eigenvalue weighted by atomic mass is 19.4. The molecule has 0 radical (unpaired) electrons. The van der Waals surface area contributed by atoms with Gasteiger partial charge in [0.1, 0.15) is 6.42 Å². The molecule has 0 aromatic rings. The fourth-order valence-electron chi connectivity index (χ4n) is 0.376. The predicted octanol–water partition coefficient (Wildman–Crippen LogP) is 2.16. The van der Waals surface area contributed by atoms with Gasteiger partial charge in [-0.05, 0) is 0 Å². The first-order chi connectivity index (χ1) is 4.65. The maximum absolute atomic E-state index is 12.0. The van der Waals surface area contributed by atoms with Crippen LogP contribution in [-0.2, 0) is 4.79 Å². The van der Waals surface area contributed by atoms with Crippen LogP contribution in [0.5, 0.6) is 0 Å². The van der Waals surface area contributed by atoms with Crippen LogP contribution in [0.4, 0.5) is 22.0 Å². The summed E-state index contributed by atoms with van der Waals surface area (Å²) in [5, 5.41) is 0. The van der Waals surface area contributed by atoms with Gasteiger partial charge in [0, 0.05) is 6.92 Å². The van der Waals surface area contributed by atoms with Crippen molar-refractivity contribution in [2.45, 2.75) is 25.4 Å². The van der Waals surface area contributed by atoms with Crippen molar-refractivity contribution in [1.82, 2.24) is 0 Å². The lowest BCUT2D eigenvalue weighted by atomic mass is 10.1. The molecule has 0 aliphatic heterocycles. The normalized spacial score (nSPS) is 13.3. The first-order valence-corrected chi connectivity index (χ1v) is 2.61. The highest BCUT2D eigenvalue weighted by molar-refractivity contribution is 5.83. The van der Waals surface area contributed by atoms with Gasteiger partial charge in [0.15, 0.2) is 5.78 Å². The Kier molecular flexibility index (Phi) is 2.58. The van der Waals surface area contributed by atoms with Gasteiger partial charge in [0.2, 0.25) is 0 Å². The third-order valence-corrected chi connectivity index (χ3v) is 0.938. The zero-order chi connectivity index (χ0) is 9.28. The number of halogens is 5. The number of hydrogen-bond donors (Lipinski definition) is 0. The van der Waals surface area contributed by atoms with E-state index in [2.05, 4.69) is 0 Å². The molecule has 11 heavy (non-hydrogen) atoms. The van der Waals surface area contributed by atoms with Gasteiger partial charge in [-0.1, -0.05) is 0 Å². The Bertz CT molecular complexity index is 159. The van der Waals surface area contributed by atoms with Crippen molar-refractivity contribution in [3.8, 4) is 0 Å². The van der Waals surface area contributed by atoms with E-state index < -0.39 is 24.3 Å². The van der Waals surface area contributed by atoms with E-state index in [0.717, 1.165) is 0 Å². The molecule has 0 unspecified atom stereocenters. The van der Waals surface area contributed by atoms with Crippen molar-refractivity contribution in [2.75, 3.05) is 0 Å². The zero-order valence-electron chi connectivity index (χ0n) is 5.51. The summed E-state index contributed by atoms with van der Waals surface area (Å²) in [5.74, 6) is -6.05. The molecule has 0 amide bonds. The van der Waals surface area contributed by atoms with Gasteiger partial charge in [-0.25, -0.2) is 0 Å². The first-order valence-electron chi connectivity index (χ1n) is 2.61. The SMILES string of the molecule is CC(=O)C(F)(F)CC(F)(F)F. The Hall–Kier alpha value is -0.680. The topological polar surface area (TPSA) is 17.1 Å². The minimum absolute atomic E-state index is 0.422. The molecule has 0 heterocycles. The summed E-state index contributed by atoms with van der Waals surface area (Å²) in [7, 11) is 0. The maximum Gasteiger partial charge on any atom is 0.395 e. The molecular weight excluding hydrogens is 171 g/mol. The fourth-order valence-corrected chi connectivity index (χ4v) is 0.376. The molecule has 0 saturated heterocycles. The molecule has 1 nitrogen and oxygen atoms in total. The van der Waals surface area contributed by atoms with Crippen molar-refractivity contribution in [1.29, 1.82) is 0 Å². The van der Waals surface area contributed by atoms with E-state index in [9.17, 15) is 26.7 Å². The summed E-state index contributed by atoms with van der Waals surface area (Å²) in [6, 6.07) is 0. The number of carbonyl (C=O) groups is 1. The van der Waals surface area contributed by atoms with Crippen LogP contribution >= 0.6 is 0 Å². The Morgan fingerprint density at radius 2 is 1.55 bits per heavy atom. The monoisotopic (exact) mass is 176 g/mol. The van der Waals surface area contributed by atoms with Crippen molar-refractivity contribution in [3.63, 3.8) is 0 Å². The standard InChI is InChI=1S/C5H5F5O/c1-3(11)4(6,7)2-5(8,9)10/h2H2,1H3. The summed E-state index contributed by atoms with van der Waals surface area (Å²) in [6.45, 7) is 0.422. The zero-order valence-corrected chi connectivity index (χ0v) is 5.51. The molecule has 0 aliphatic rings. The van der Waals surface area contributed by atoms with Crippen LogP contribution in [-0.4, -0.2) is 17.9 Å². The molecule has 6 heteroatoms. The van der Waals surface area contributed by atoms with Crippen LogP contribution in [0.15, 0.2) is 0 Å². The molecule has 0 aromatic heterocycles. The summed E-state index contributed by atoms with van der Waals surface area (Å²) >= 11 is 0. The van der Waals surface area contributed by atoms with Crippen molar-refractivity contribution >= 4 is 5.78 Å². The van der Waals surface area contributed by atoms with Crippen molar-refractivity contribution < 1.29 is 26.7 Å². The Labute approximate surface area is 59.2 Å². The van der Waals surface area contributed by atoms with Crippen LogP contribution in [0, 0.1) is 0 Å². The minimum atomic E-state index is -5.00. The van der Waals surface area contributed by atoms with Crippen LogP contribution in [0.3, 0.4) is 0 Å². The largest absolute Gasteiger partial charge is 0.395 e. The van der Waals surface area contributed by atoms with E-state index >= 15 is 0 Å². The van der Waals surface area contributed by atoms with E-state index in [1.807, 2.05) is 0 Å². The van der Waals surface area contributed by atoms with Gasteiger partial charge in [-0.15, -0.1) is 0 Å². The van der Waals surface area contributed by atoms with Gasteiger partial charge in [-0.2, -0.15) is 22.0 Å². The summed E-state index contributed by atoms with van der Waals surface area (Å²) in [5.41, 5.74) is 0. The molecule has 0 aromatic carbocycles. The average molecular weight is 176 g/mol. The van der Waals surface area contributed by atoms with Gasteiger partial charge in [0.25, 0.3) is 0 Å². The van der Waals surface area contributed by atoms with Gasteiger partial charge >= 0.3 is 12.1 Å². The minimum Gasteiger partial charge on any atom is -0.293 e. The molecule has 0 N–H and O–H groups in total. The quantitative estimate of drug-likeness (QED) is 0.589. The number of ketones is 1. The number of carbonyl (C=O) groups excluding carboxylic acids is 1. The molecule has 0 fully saturated rings. The van der Waals surface area contributed by atoms with E-state index in [1.165, 1.54) is 0 Å². The average Bonchev–Trinajstić information content (AvgIpc) is 1.56. The Balaban J connectivity index is 4.25. The summed E-state index contributed by atoms with van der Waals surface area (Å²) in [4.78, 5) is 9.89. The highest BCUT2D eigenvalue weighted by Crippen LogP contribution is 2.31. The molecule has 0 saturated carbocycles. The van der Waals surface area contributed by atoms with Crippen LogP contribution in [0.1, 0.15) is 13.3 Å². The van der Waals surface area contributed by atoms with E-state index in [4.69, 9.17) is 0 Å². The smallest absolute Gasteiger partial charge is 0.293 e. The van der Waals surface area contributed by atoms with Gasteiger partial charge in [0.05, 0.1) is 0 Å². The lowest BCUT2D eigenvalue weighted by Crippen LogP contribution is -2.32. The third-order valence-electron chi connectivity index (χ3n) is 0.938. The molecular formula is C5H5F5O. The molecule has 0 spiro atoms. The lowest BCUT2D eigenvalue weighted by Gasteiger charge is -2.14. The first kappa shape index (κ1) is 10.3. The van der Waals surface area contributed by atoms with Crippen LogP contribution in [0.2, 0.25) is 0 Å². The second kappa shape index (κ2) is 2.75. The molecule has 66 valence electrons. The Morgan fingerprint density at radius 3 is 1.64 bits per heavy atom.